The number of hydrogen-bond donors (Lipinski definition) is 0. The lowest BCUT2D eigenvalue weighted by molar-refractivity contribution is 1.04. The summed E-state index contributed by atoms with van der Waals surface area (Å²) in [7, 11) is 0. The van der Waals surface area contributed by atoms with Crippen LogP contribution in [0.3, 0.4) is 0 Å². The van der Waals surface area contributed by atoms with Crippen molar-refractivity contribution in [1.29, 1.82) is 0 Å². The molecule has 0 bridgehead atoms. The Kier molecular flexibility index (Phi) is 9.76. The van der Waals surface area contributed by atoms with Crippen LogP contribution in [-0.4, -0.2) is 4.98 Å². The summed E-state index contributed by atoms with van der Waals surface area (Å²) in [5, 5.41) is 4.91. The third-order valence-corrected chi connectivity index (χ3v) is 12.3. The monoisotopic (exact) mass is 789 g/mol. The maximum atomic E-state index is 4.69. The Bertz CT molecular complexity index is 3250. The smallest absolute Gasteiger partial charge is 0.0702 e. The van der Waals surface area contributed by atoms with Gasteiger partial charge in [-0.1, -0.05) is 200 Å². The first kappa shape index (κ1) is 37.2. The van der Waals surface area contributed by atoms with E-state index < -0.39 is 0 Å². The van der Waals surface area contributed by atoms with E-state index in [1.807, 2.05) is 12.3 Å². The fourth-order valence-electron chi connectivity index (χ4n) is 9.61. The number of aromatic nitrogens is 1. The molecule has 10 aromatic rings. The van der Waals surface area contributed by atoms with Gasteiger partial charge in [0.15, 0.2) is 0 Å². The van der Waals surface area contributed by atoms with Crippen LogP contribution in [0.25, 0.3) is 105 Å². The molecule has 0 radical (unpaired) electrons. The summed E-state index contributed by atoms with van der Waals surface area (Å²) in [5.41, 5.74) is 19.2. The lowest BCUT2D eigenvalue weighted by Crippen LogP contribution is -2.01. The Labute approximate surface area is 363 Å². The number of nitrogens with zero attached hydrogens (tertiary/aromatic N) is 1. The quantitative estimate of drug-likeness (QED) is 0.140. The minimum absolute atomic E-state index is 0.970. The van der Waals surface area contributed by atoms with Crippen LogP contribution < -0.4 is 0 Å². The largest absolute Gasteiger partial charge is 0.256 e. The van der Waals surface area contributed by atoms with E-state index in [0.717, 1.165) is 24.1 Å². The molecule has 1 aliphatic carbocycles. The summed E-state index contributed by atoms with van der Waals surface area (Å²) in [6.45, 7) is 0. The fourth-order valence-corrected chi connectivity index (χ4v) is 9.61. The molecule has 62 heavy (non-hydrogen) atoms. The molecule has 1 aromatic heterocycles. The number of allylic oxidation sites excluding steroid dienone is 4. The normalized spacial score (nSPS) is 12.4. The van der Waals surface area contributed by atoms with Gasteiger partial charge in [0.2, 0.25) is 0 Å². The van der Waals surface area contributed by atoms with E-state index >= 15 is 0 Å². The Morgan fingerprint density at radius 2 is 0.774 bits per heavy atom. The molecule has 1 nitrogen and oxygen atoms in total. The lowest BCUT2D eigenvalue weighted by Gasteiger charge is -2.26. The van der Waals surface area contributed by atoms with Gasteiger partial charge in [0.1, 0.15) is 0 Å². The molecule has 0 amide bonds. The number of hydrogen-bond acceptors (Lipinski definition) is 1. The molecule has 0 aliphatic heterocycles. The van der Waals surface area contributed by atoms with Crippen LogP contribution in [-0.2, 0) is 0 Å². The van der Waals surface area contributed by atoms with E-state index in [1.54, 1.807) is 0 Å². The molecule has 0 spiro atoms. The molecule has 0 saturated heterocycles. The molecular formula is C61H43N. The fraction of sp³-hybridized carbons (Fsp3) is 0.0328. The number of rotatable bonds is 8. The Morgan fingerprint density at radius 1 is 0.306 bits per heavy atom. The van der Waals surface area contributed by atoms with Crippen LogP contribution >= 0.6 is 0 Å². The van der Waals surface area contributed by atoms with Crippen molar-refractivity contribution >= 4 is 27.1 Å². The molecule has 9 aromatic carbocycles. The van der Waals surface area contributed by atoms with Gasteiger partial charge < -0.3 is 0 Å². The van der Waals surface area contributed by atoms with Crippen LogP contribution in [0.1, 0.15) is 18.4 Å². The zero-order valence-corrected chi connectivity index (χ0v) is 34.4. The third-order valence-electron chi connectivity index (χ3n) is 12.3. The second-order valence-electron chi connectivity index (χ2n) is 16.1. The maximum Gasteiger partial charge on any atom is 0.0702 e. The highest BCUT2D eigenvalue weighted by Gasteiger charge is 2.25. The van der Waals surface area contributed by atoms with E-state index in [2.05, 4.69) is 229 Å². The molecule has 11 rings (SSSR count). The molecule has 292 valence electrons. The predicted molar refractivity (Wildman–Crippen MR) is 264 cm³/mol. The van der Waals surface area contributed by atoms with Gasteiger partial charge in [-0.2, -0.15) is 0 Å². The maximum absolute atomic E-state index is 4.69. The molecule has 0 fully saturated rings. The summed E-state index contributed by atoms with van der Waals surface area (Å²) in [6, 6.07) is 77.5. The standard InChI is InChI=1S/C61H43N/c1-5-21-42(22-6-1)54-41-55(60(44-25-9-3-10-26-44)61(45-27-11-4-12-28-45)59(54)43-23-7-2-8-24-43)46-29-19-31-48(39-46)57-50-33-13-15-35-52(50)58(53-36-16-14-34-51(53)57)49-32-20-30-47(40-49)56-37-17-18-38-62-56/h1,3-7,9-41H,2,8H2. The van der Waals surface area contributed by atoms with Gasteiger partial charge in [-0.05, 0) is 143 Å². The molecule has 0 N–H and O–H groups in total. The summed E-state index contributed by atoms with van der Waals surface area (Å²) < 4.78 is 0. The summed E-state index contributed by atoms with van der Waals surface area (Å²) in [6.07, 6.45) is 11.0. The first-order chi connectivity index (χ1) is 30.8. The van der Waals surface area contributed by atoms with E-state index in [1.165, 1.54) is 99.4 Å². The number of fused-ring (bicyclic) bond motifs is 2. The zero-order chi connectivity index (χ0) is 41.2. The van der Waals surface area contributed by atoms with Crippen molar-refractivity contribution in [3.05, 3.63) is 242 Å². The highest BCUT2D eigenvalue weighted by atomic mass is 14.7. The predicted octanol–water partition coefficient (Wildman–Crippen LogP) is 16.8. The van der Waals surface area contributed by atoms with Gasteiger partial charge in [-0.15, -0.1) is 0 Å². The van der Waals surface area contributed by atoms with E-state index in [-0.39, 0.29) is 0 Å². The summed E-state index contributed by atoms with van der Waals surface area (Å²) in [4.78, 5) is 4.69. The molecule has 1 aliphatic rings. The van der Waals surface area contributed by atoms with Crippen molar-refractivity contribution in [3.8, 4) is 78.0 Å². The van der Waals surface area contributed by atoms with Gasteiger partial charge in [-0.25, -0.2) is 0 Å². The molecule has 0 unspecified atom stereocenters. The van der Waals surface area contributed by atoms with Gasteiger partial charge in [0, 0.05) is 11.8 Å². The van der Waals surface area contributed by atoms with Crippen molar-refractivity contribution in [2.24, 2.45) is 0 Å². The van der Waals surface area contributed by atoms with Gasteiger partial charge >= 0.3 is 0 Å². The van der Waals surface area contributed by atoms with Crippen molar-refractivity contribution in [3.63, 3.8) is 0 Å². The average molecular weight is 790 g/mol. The Morgan fingerprint density at radius 3 is 1.32 bits per heavy atom. The second kappa shape index (κ2) is 16.3. The Hall–Kier alpha value is -7.87. The number of pyridine rings is 1. The second-order valence-corrected chi connectivity index (χ2v) is 16.1. The van der Waals surface area contributed by atoms with Crippen molar-refractivity contribution < 1.29 is 0 Å². The topological polar surface area (TPSA) is 12.9 Å². The van der Waals surface area contributed by atoms with Crippen LogP contribution in [0.2, 0.25) is 0 Å². The molecule has 1 heteroatoms. The van der Waals surface area contributed by atoms with Crippen LogP contribution in [0.5, 0.6) is 0 Å². The van der Waals surface area contributed by atoms with E-state index in [4.69, 9.17) is 0 Å². The minimum atomic E-state index is 0.970. The minimum Gasteiger partial charge on any atom is -0.256 e. The van der Waals surface area contributed by atoms with Gasteiger partial charge in [0.25, 0.3) is 0 Å². The Balaban J connectivity index is 1.20. The highest BCUT2D eigenvalue weighted by Crippen LogP contribution is 2.51. The van der Waals surface area contributed by atoms with Gasteiger partial charge in [-0.3, -0.25) is 4.98 Å². The van der Waals surface area contributed by atoms with Crippen molar-refractivity contribution in [2.75, 3.05) is 0 Å². The van der Waals surface area contributed by atoms with Gasteiger partial charge in [0.05, 0.1) is 5.69 Å². The average Bonchev–Trinajstić information content (AvgIpc) is 3.36. The van der Waals surface area contributed by atoms with Crippen molar-refractivity contribution in [2.45, 2.75) is 12.8 Å². The SMILES string of the molecule is C1=CC(c2c(-c3ccccc3)cc(-c3cccc(-c4c5ccccc5c(-c5cccc(-c6ccccn6)c5)c5ccccc45)c3)c(-c3ccccc3)c2-c2ccccc2)=CCC1. The highest BCUT2D eigenvalue weighted by molar-refractivity contribution is 6.21. The van der Waals surface area contributed by atoms with Crippen LogP contribution in [0.15, 0.2) is 237 Å². The molecule has 0 atom stereocenters. The summed E-state index contributed by atoms with van der Waals surface area (Å²) in [5.74, 6) is 0. The molecule has 0 saturated carbocycles. The zero-order valence-electron chi connectivity index (χ0n) is 34.4. The molecule has 1 heterocycles. The lowest BCUT2D eigenvalue weighted by atomic mass is 9.77. The van der Waals surface area contributed by atoms with Crippen LogP contribution in [0, 0.1) is 0 Å². The van der Waals surface area contributed by atoms with E-state index in [0.29, 0.717) is 0 Å². The first-order valence-corrected chi connectivity index (χ1v) is 21.6. The molecular weight excluding hydrogens is 747 g/mol. The van der Waals surface area contributed by atoms with E-state index in [9.17, 15) is 0 Å². The number of benzene rings is 9. The first-order valence-electron chi connectivity index (χ1n) is 21.6. The van der Waals surface area contributed by atoms with Crippen LogP contribution in [0.4, 0.5) is 0 Å². The third kappa shape index (κ3) is 6.75. The van der Waals surface area contributed by atoms with Crippen molar-refractivity contribution in [1.82, 2.24) is 4.98 Å². The summed E-state index contributed by atoms with van der Waals surface area (Å²) >= 11 is 0.